The summed E-state index contributed by atoms with van der Waals surface area (Å²) >= 11 is 0. The summed E-state index contributed by atoms with van der Waals surface area (Å²) in [7, 11) is 0. The molecule has 0 unspecified atom stereocenters. The Morgan fingerprint density at radius 2 is 2.10 bits per heavy atom. The van der Waals surface area contributed by atoms with E-state index in [1.807, 2.05) is 0 Å². The van der Waals surface area contributed by atoms with Crippen molar-refractivity contribution in [3.8, 4) is 0 Å². The van der Waals surface area contributed by atoms with Crippen molar-refractivity contribution in [3.05, 3.63) is 39.9 Å². The Bertz CT molecular complexity index is 512. The molecule has 1 aromatic rings. The number of carbonyl (C=O) groups excluding carboxylic acids is 1. The van der Waals surface area contributed by atoms with Crippen LogP contribution in [0.2, 0.25) is 0 Å². The van der Waals surface area contributed by atoms with E-state index in [1.54, 1.807) is 17.0 Å². The first-order chi connectivity index (χ1) is 10.1. The van der Waals surface area contributed by atoms with Gasteiger partial charge < -0.3 is 10.0 Å². The van der Waals surface area contributed by atoms with E-state index in [4.69, 9.17) is 5.11 Å². The highest BCUT2D eigenvalue weighted by atomic mass is 16.6. The number of nitro benzene ring substituents is 1. The van der Waals surface area contributed by atoms with Crippen molar-refractivity contribution in [3.63, 3.8) is 0 Å². The van der Waals surface area contributed by atoms with Gasteiger partial charge >= 0.3 is 0 Å². The summed E-state index contributed by atoms with van der Waals surface area (Å²) in [4.78, 5) is 24.4. The van der Waals surface area contributed by atoms with E-state index in [2.05, 4.69) is 0 Å². The third-order valence-electron chi connectivity index (χ3n) is 3.90. The van der Waals surface area contributed by atoms with Crippen LogP contribution < -0.4 is 0 Å². The van der Waals surface area contributed by atoms with Crippen molar-refractivity contribution >= 4 is 11.6 Å². The second-order valence-corrected chi connectivity index (χ2v) is 5.35. The normalized spacial score (nSPS) is 15.1. The van der Waals surface area contributed by atoms with Gasteiger partial charge in [-0.2, -0.15) is 0 Å². The highest BCUT2D eigenvalue weighted by molar-refractivity contribution is 5.79. The van der Waals surface area contributed by atoms with Gasteiger partial charge in [0.15, 0.2) is 0 Å². The molecule has 6 heteroatoms. The molecule has 0 aromatic heterocycles. The predicted molar refractivity (Wildman–Crippen MR) is 77.9 cm³/mol. The van der Waals surface area contributed by atoms with Gasteiger partial charge in [0.05, 0.1) is 18.0 Å². The minimum Gasteiger partial charge on any atom is -0.395 e. The van der Waals surface area contributed by atoms with Crippen LogP contribution in [-0.4, -0.2) is 40.0 Å². The second-order valence-electron chi connectivity index (χ2n) is 5.35. The number of hydrogen-bond donors (Lipinski definition) is 1. The lowest BCUT2D eigenvalue weighted by Gasteiger charge is -2.28. The number of aliphatic hydroxyl groups is 1. The number of hydrogen-bond acceptors (Lipinski definition) is 4. The SMILES string of the molecule is O=C(Cc1cccc([N+](=O)[O-])c1)N(CCO)C1CCCC1. The van der Waals surface area contributed by atoms with Crippen LogP contribution in [0.5, 0.6) is 0 Å². The molecule has 1 N–H and O–H groups in total. The second kappa shape index (κ2) is 7.17. The molecule has 0 spiro atoms. The third-order valence-corrected chi connectivity index (χ3v) is 3.90. The number of nitrogens with zero attached hydrogens (tertiary/aromatic N) is 2. The van der Waals surface area contributed by atoms with Crippen molar-refractivity contribution in [1.29, 1.82) is 0 Å². The van der Waals surface area contributed by atoms with Gasteiger partial charge in [0.1, 0.15) is 0 Å². The van der Waals surface area contributed by atoms with E-state index in [0.717, 1.165) is 25.7 Å². The lowest BCUT2D eigenvalue weighted by Crippen LogP contribution is -2.41. The standard InChI is InChI=1S/C15H20N2O4/c18-9-8-16(13-5-1-2-6-13)15(19)11-12-4-3-7-14(10-12)17(20)21/h3-4,7,10,13,18H,1-2,5-6,8-9,11H2. The molecule has 1 aliphatic rings. The van der Waals surface area contributed by atoms with Crippen molar-refractivity contribution < 1.29 is 14.8 Å². The van der Waals surface area contributed by atoms with Crippen LogP contribution >= 0.6 is 0 Å². The molecule has 0 saturated heterocycles. The Balaban J connectivity index is 2.07. The maximum Gasteiger partial charge on any atom is 0.269 e. The van der Waals surface area contributed by atoms with Crippen molar-refractivity contribution in [2.24, 2.45) is 0 Å². The summed E-state index contributed by atoms with van der Waals surface area (Å²) in [6, 6.07) is 6.35. The first-order valence-corrected chi connectivity index (χ1v) is 7.25. The fourth-order valence-electron chi connectivity index (χ4n) is 2.89. The molecule has 1 saturated carbocycles. The van der Waals surface area contributed by atoms with Gasteiger partial charge in [-0.15, -0.1) is 0 Å². The molecule has 0 aliphatic heterocycles. The number of amides is 1. The first-order valence-electron chi connectivity index (χ1n) is 7.25. The summed E-state index contributed by atoms with van der Waals surface area (Å²) in [5.41, 5.74) is 0.630. The summed E-state index contributed by atoms with van der Waals surface area (Å²) in [5, 5.41) is 19.9. The Morgan fingerprint density at radius 1 is 1.38 bits per heavy atom. The molecule has 0 bridgehead atoms. The van der Waals surface area contributed by atoms with Crippen molar-refractivity contribution in [2.75, 3.05) is 13.2 Å². The van der Waals surface area contributed by atoms with Crippen molar-refractivity contribution in [2.45, 2.75) is 38.1 Å². The van der Waals surface area contributed by atoms with E-state index in [-0.39, 0.29) is 30.7 Å². The average molecular weight is 292 g/mol. The zero-order chi connectivity index (χ0) is 15.2. The number of carbonyl (C=O) groups is 1. The molecular formula is C15H20N2O4. The molecule has 1 aliphatic carbocycles. The molecule has 2 rings (SSSR count). The Hall–Kier alpha value is -1.95. The van der Waals surface area contributed by atoms with E-state index in [9.17, 15) is 14.9 Å². The largest absolute Gasteiger partial charge is 0.395 e. The Kier molecular flexibility index (Phi) is 5.27. The molecule has 0 radical (unpaired) electrons. The molecule has 21 heavy (non-hydrogen) atoms. The molecule has 1 amide bonds. The van der Waals surface area contributed by atoms with Gasteiger partial charge in [-0.25, -0.2) is 0 Å². The number of aliphatic hydroxyl groups excluding tert-OH is 1. The zero-order valence-electron chi connectivity index (χ0n) is 11.9. The van der Waals surface area contributed by atoms with E-state index in [1.165, 1.54) is 12.1 Å². The van der Waals surface area contributed by atoms with Gasteiger partial charge in [0.2, 0.25) is 5.91 Å². The lowest BCUT2D eigenvalue weighted by molar-refractivity contribution is -0.384. The maximum absolute atomic E-state index is 12.4. The number of nitro groups is 1. The van der Waals surface area contributed by atoms with Gasteiger partial charge in [-0.05, 0) is 18.4 Å². The Labute approximate surface area is 123 Å². The van der Waals surface area contributed by atoms with Crippen LogP contribution in [0, 0.1) is 10.1 Å². The molecular weight excluding hydrogens is 272 g/mol. The highest BCUT2D eigenvalue weighted by Crippen LogP contribution is 2.24. The van der Waals surface area contributed by atoms with Crippen LogP contribution in [0.3, 0.4) is 0 Å². The van der Waals surface area contributed by atoms with Crippen molar-refractivity contribution in [1.82, 2.24) is 4.90 Å². The van der Waals surface area contributed by atoms with Crippen LogP contribution in [0.1, 0.15) is 31.2 Å². The third kappa shape index (κ3) is 4.01. The maximum atomic E-state index is 12.4. The fourth-order valence-corrected chi connectivity index (χ4v) is 2.89. The van der Waals surface area contributed by atoms with E-state index >= 15 is 0 Å². The first kappa shape index (κ1) is 15.4. The summed E-state index contributed by atoms with van der Waals surface area (Å²) < 4.78 is 0. The van der Waals surface area contributed by atoms with Gasteiger partial charge in [-0.1, -0.05) is 25.0 Å². The summed E-state index contributed by atoms with van der Waals surface area (Å²) in [6.45, 7) is 0.273. The minimum absolute atomic E-state index is 0.00475. The summed E-state index contributed by atoms with van der Waals surface area (Å²) in [5.74, 6) is -0.0727. The lowest BCUT2D eigenvalue weighted by atomic mass is 10.1. The Morgan fingerprint density at radius 3 is 2.71 bits per heavy atom. The number of rotatable bonds is 6. The van der Waals surface area contributed by atoms with E-state index < -0.39 is 4.92 Å². The van der Waals surface area contributed by atoms with Crippen LogP contribution in [0.4, 0.5) is 5.69 Å². The fraction of sp³-hybridized carbons (Fsp3) is 0.533. The van der Waals surface area contributed by atoms with Gasteiger partial charge in [0, 0.05) is 24.7 Å². The average Bonchev–Trinajstić information content (AvgIpc) is 2.98. The number of benzene rings is 1. The summed E-state index contributed by atoms with van der Waals surface area (Å²) in [6.07, 6.45) is 4.30. The predicted octanol–water partition coefficient (Wildman–Crippen LogP) is 1.90. The van der Waals surface area contributed by atoms with E-state index in [0.29, 0.717) is 12.1 Å². The molecule has 1 aromatic carbocycles. The minimum atomic E-state index is -0.462. The van der Waals surface area contributed by atoms with Crippen LogP contribution in [0.15, 0.2) is 24.3 Å². The van der Waals surface area contributed by atoms with Gasteiger partial charge in [-0.3, -0.25) is 14.9 Å². The topological polar surface area (TPSA) is 83.7 Å². The monoisotopic (exact) mass is 292 g/mol. The molecule has 0 atom stereocenters. The molecule has 1 fully saturated rings. The number of non-ortho nitro benzene ring substituents is 1. The molecule has 0 heterocycles. The quantitative estimate of drug-likeness (QED) is 0.641. The van der Waals surface area contributed by atoms with Crippen LogP contribution in [-0.2, 0) is 11.2 Å². The van der Waals surface area contributed by atoms with Crippen LogP contribution in [0.25, 0.3) is 0 Å². The van der Waals surface area contributed by atoms with Gasteiger partial charge in [0.25, 0.3) is 5.69 Å². The zero-order valence-corrected chi connectivity index (χ0v) is 11.9. The smallest absolute Gasteiger partial charge is 0.269 e. The molecule has 114 valence electrons. The molecule has 6 nitrogen and oxygen atoms in total. The highest BCUT2D eigenvalue weighted by Gasteiger charge is 2.26.